The minimum absolute atomic E-state index is 0.884. The van der Waals surface area contributed by atoms with Gasteiger partial charge < -0.3 is 10.2 Å². The van der Waals surface area contributed by atoms with E-state index in [4.69, 9.17) is 0 Å². The van der Waals surface area contributed by atoms with Gasteiger partial charge >= 0.3 is 0 Å². The minimum atomic E-state index is 0.884. The van der Waals surface area contributed by atoms with Crippen LogP contribution in [0.5, 0.6) is 0 Å². The Hall–Kier alpha value is -1.16. The zero-order valence-corrected chi connectivity index (χ0v) is 14.6. The van der Waals surface area contributed by atoms with E-state index in [1.807, 2.05) is 0 Å². The molecule has 2 rings (SSSR count). The van der Waals surface area contributed by atoms with Gasteiger partial charge in [-0.2, -0.15) is 0 Å². The quantitative estimate of drug-likeness (QED) is 0.846. The number of aryl methyl sites for hydroxylation is 1. The van der Waals surface area contributed by atoms with Crippen LogP contribution in [-0.2, 0) is 19.6 Å². The fraction of sp³-hybridized carbons (Fsp3) is 0.333. The number of hydrogen-bond acceptors (Lipinski definition) is 2. The van der Waals surface area contributed by atoms with Crippen molar-refractivity contribution in [2.75, 3.05) is 14.1 Å². The third kappa shape index (κ3) is 4.95. The van der Waals surface area contributed by atoms with Gasteiger partial charge in [-0.25, -0.2) is 0 Å². The summed E-state index contributed by atoms with van der Waals surface area (Å²) >= 11 is 3.59. The third-order valence-electron chi connectivity index (χ3n) is 3.49. The molecular weight excluding hydrogens is 324 g/mol. The Kier molecular flexibility index (Phi) is 5.97. The van der Waals surface area contributed by atoms with Crippen molar-refractivity contribution < 1.29 is 0 Å². The van der Waals surface area contributed by atoms with Gasteiger partial charge in [0.25, 0.3) is 0 Å². The maximum Gasteiger partial charge on any atom is 0.0230 e. The first-order valence-electron chi connectivity index (χ1n) is 7.23. The second kappa shape index (κ2) is 7.74. The Labute approximate surface area is 136 Å². The van der Waals surface area contributed by atoms with E-state index in [0.717, 1.165) is 19.6 Å². The van der Waals surface area contributed by atoms with E-state index < -0.39 is 0 Å². The van der Waals surface area contributed by atoms with Crippen LogP contribution in [0.2, 0.25) is 0 Å². The van der Waals surface area contributed by atoms with Crippen LogP contribution >= 0.6 is 15.9 Å². The van der Waals surface area contributed by atoms with Crippen LogP contribution in [-0.4, -0.2) is 19.0 Å². The van der Waals surface area contributed by atoms with Crippen molar-refractivity contribution in [1.29, 1.82) is 0 Å². The Morgan fingerprint density at radius 1 is 1.00 bits per heavy atom. The minimum Gasteiger partial charge on any atom is -0.309 e. The summed E-state index contributed by atoms with van der Waals surface area (Å²) in [6, 6.07) is 15.2. The number of hydrogen-bond donors (Lipinski definition) is 1. The molecule has 0 atom stereocenters. The molecule has 2 aromatic rings. The first-order chi connectivity index (χ1) is 10.1. The number of nitrogens with zero attached hydrogens (tertiary/aromatic N) is 1. The molecule has 2 aromatic carbocycles. The molecule has 2 nitrogen and oxygen atoms in total. The Balaban J connectivity index is 1.95. The number of benzene rings is 2. The van der Waals surface area contributed by atoms with Gasteiger partial charge in [0, 0.05) is 24.1 Å². The molecule has 0 aliphatic heterocycles. The van der Waals surface area contributed by atoms with Gasteiger partial charge in [0.1, 0.15) is 0 Å². The van der Waals surface area contributed by atoms with E-state index in [1.54, 1.807) is 0 Å². The van der Waals surface area contributed by atoms with Crippen molar-refractivity contribution in [3.8, 4) is 0 Å². The van der Waals surface area contributed by atoms with Crippen LogP contribution in [0.15, 0.2) is 46.9 Å². The molecule has 0 saturated heterocycles. The predicted molar refractivity (Wildman–Crippen MR) is 93.3 cm³/mol. The maximum atomic E-state index is 3.59. The first kappa shape index (κ1) is 16.2. The fourth-order valence-corrected chi connectivity index (χ4v) is 2.74. The van der Waals surface area contributed by atoms with Crippen LogP contribution in [0, 0.1) is 6.92 Å². The summed E-state index contributed by atoms with van der Waals surface area (Å²) in [5.41, 5.74) is 5.34. The van der Waals surface area contributed by atoms with Crippen molar-refractivity contribution in [2.45, 2.75) is 26.6 Å². The Bertz CT molecular complexity index is 594. The maximum absolute atomic E-state index is 3.59. The molecule has 0 unspecified atom stereocenters. The highest BCUT2D eigenvalue weighted by atomic mass is 79.9. The van der Waals surface area contributed by atoms with Gasteiger partial charge in [0.2, 0.25) is 0 Å². The normalized spacial score (nSPS) is 11.1. The molecule has 0 heterocycles. The number of rotatable bonds is 6. The van der Waals surface area contributed by atoms with Crippen molar-refractivity contribution in [1.82, 2.24) is 10.2 Å². The van der Waals surface area contributed by atoms with Gasteiger partial charge in [-0.3, -0.25) is 0 Å². The molecule has 0 bridgehead atoms. The van der Waals surface area contributed by atoms with Crippen LogP contribution in [0.3, 0.4) is 0 Å². The zero-order valence-electron chi connectivity index (χ0n) is 13.0. The highest BCUT2D eigenvalue weighted by Gasteiger charge is 2.03. The lowest BCUT2D eigenvalue weighted by Gasteiger charge is -2.15. The summed E-state index contributed by atoms with van der Waals surface area (Å²) in [5, 5.41) is 3.54. The summed E-state index contributed by atoms with van der Waals surface area (Å²) in [6.45, 7) is 4.87. The molecule has 0 aliphatic carbocycles. The molecular formula is C18H23BrN2. The molecule has 0 saturated carbocycles. The van der Waals surface area contributed by atoms with E-state index in [1.165, 1.54) is 26.7 Å². The average molecular weight is 347 g/mol. The molecule has 0 aromatic heterocycles. The van der Waals surface area contributed by atoms with Crippen molar-refractivity contribution in [3.05, 3.63) is 69.2 Å². The highest BCUT2D eigenvalue weighted by molar-refractivity contribution is 9.10. The monoisotopic (exact) mass is 346 g/mol. The summed E-state index contributed by atoms with van der Waals surface area (Å²) in [5.74, 6) is 0. The van der Waals surface area contributed by atoms with E-state index in [2.05, 4.69) is 89.6 Å². The van der Waals surface area contributed by atoms with Gasteiger partial charge in [0.15, 0.2) is 0 Å². The van der Waals surface area contributed by atoms with E-state index >= 15 is 0 Å². The van der Waals surface area contributed by atoms with Gasteiger partial charge in [0.05, 0.1) is 0 Å². The van der Waals surface area contributed by atoms with Crippen LogP contribution < -0.4 is 5.32 Å². The lowest BCUT2D eigenvalue weighted by Crippen LogP contribution is -2.17. The van der Waals surface area contributed by atoms with Gasteiger partial charge in [-0.15, -0.1) is 0 Å². The van der Waals surface area contributed by atoms with Crippen LogP contribution in [0.4, 0.5) is 0 Å². The number of nitrogens with one attached hydrogen (secondary N) is 1. The molecule has 1 N–H and O–H groups in total. The van der Waals surface area contributed by atoms with Crippen LogP contribution in [0.1, 0.15) is 22.3 Å². The fourth-order valence-electron chi connectivity index (χ4n) is 2.31. The molecule has 0 aliphatic rings. The molecule has 21 heavy (non-hydrogen) atoms. The molecule has 0 spiro atoms. The second-order valence-corrected chi connectivity index (χ2v) is 6.55. The van der Waals surface area contributed by atoms with E-state index in [-0.39, 0.29) is 0 Å². The zero-order chi connectivity index (χ0) is 15.2. The summed E-state index contributed by atoms with van der Waals surface area (Å²) < 4.78 is 1.18. The second-order valence-electron chi connectivity index (χ2n) is 5.69. The topological polar surface area (TPSA) is 15.3 Å². The van der Waals surface area contributed by atoms with Crippen molar-refractivity contribution >= 4 is 15.9 Å². The smallest absolute Gasteiger partial charge is 0.0230 e. The Morgan fingerprint density at radius 3 is 2.38 bits per heavy atom. The summed E-state index contributed by atoms with van der Waals surface area (Å²) in [7, 11) is 4.21. The Morgan fingerprint density at radius 2 is 1.71 bits per heavy atom. The molecule has 0 radical (unpaired) electrons. The lowest BCUT2D eigenvalue weighted by atomic mass is 10.1. The van der Waals surface area contributed by atoms with Crippen molar-refractivity contribution in [2.24, 2.45) is 0 Å². The molecule has 112 valence electrons. The SMILES string of the molecule is Cc1ccc(CNCc2ccccc2CN(C)C)cc1Br. The molecule has 3 heteroatoms. The average Bonchev–Trinajstić information content (AvgIpc) is 2.44. The standard InChI is InChI=1S/C18H23BrN2/c1-14-8-9-15(10-18(14)19)11-20-12-16-6-4-5-7-17(16)13-21(2)3/h4-10,20H,11-13H2,1-3H3. The summed E-state index contributed by atoms with van der Waals surface area (Å²) in [4.78, 5) is 2.20. The number of halogens is 1. The largest absolute Gasteiger partial charge is 0.309 e. The third-order valence-corrected chi connectivity index (χ3v) is 4.34. The highest BCUT2D eigenvalue weighted by Crippen LogP contribution is 2.17. The van der Waals surface area contributed by atoms with E-state index in [0.29, 0.717) is 0 Å². The summed E-state index contributed by atoms with van der Waals surface area (Å²) in [6.07, 6.45) is 0. The first-order valence-corrected chi connectivity index (χ1v) is 8.03. The lowest BCUT2D eigenvalue weighted by molar-refractivity contribution is 0.400. The van der Waals surface area contributed by atoms with Crippen LogP contribution in [0.25, 0.3) is 0 Å². The van der Waals surface area contributed by atoms with Gasteiger partial charge in [-0.1, -0.05) is 52.3 Å². The van der Waals surface area contributed by atoms with E-state index in [9.17, 15) is 0 Å². The molecule has 0 amide bonds. The molecule has 0 fully saturated rings. The predicted octanol–water partition coefficient (Wildman–Crippen LogP) is 4.11. The van der Waals surface area contributed by atoms with Gasteiger partial charge in [-0.05, 0) is 49.3 Å². The van der Waals surface area contributed by atoms with Crippen molar-refractivity contribution in [3.63, 3.8) is 0 Å².